The van der Waals surface area contributed by atoms with Gasteiger partial charge in [-0.05, 0) is 38.8 Å². The Morgan fingerprint density at radius 3 is 2.54 bits per heavy atom. The average molecular weight is 408 g/mol. The number of ether oxygens (including phenoxy) is 1. The maximum Gasteiger partial charge on any atom is 0.421 e. The Kier molecular flexibility index (Phi) is 5.49. The van der Waals surface area contributed by atoms with Gasteiger partial charge in [0.2, 0.25) is 5.91 Å². The van der Waals surface area contributed by atoms with Crippen LogP contribution in [0.25, 0.3) is 11.1 Å². The van der Waals surface area contributed by atoms with Crippen molar-refractivity contribution in [1.29, 1.82) is 0 Å². The van der Waals surface area contributed by atoms with Crippen molar-refractivity contribution in [2.75, 3.05) is 26.2 Å². The van der Waals surface area contributed by atoms with Crippen molar-refractivity contribution in [2.24, 2.45) is 5.92 Å². The van der Waals surface area contributed by atoms with E-state index >= 15 is 0 Å². The molecule has 2 saturated heterocycles. The van der Waals surface area contributed by atoms with E-state index in [2.05, 4.69) is 4.90 Å². The van der Waals surface area contributed by atoms with E-state index in [1.807, 2.05) is 18.7 Å². The van der Waals surface area contributed by atoms with E-state index in [1.54, 1.807) is 22.8 Å². The molecule has 0 aliphatic carbocycles. The van der Waals surface area contributed by atoms with E-state index < -0.39 is 0 Å². The Hall–Kier alpha value is -1.83. The monoisotopic (exact) mass is 407 g/mol. The molecule has 2 aliphatic rings. The van der Waals surface area contributed by atoms with Crippen molar-refractivity contribution in [1.82, 2.24) is 14.4 Å². The molecule has 8 heteroatoms. The highest BCUT2D eigenvalue weighted by molar-refractivity contribution is 6.31. The molecule has 2 fully saturated rings. The fourth-order valence-electron chi connectivity index (χ4n) is 4.31. The fraction of sp³-hybridized carbons (Fsp3) is 0.600. The smallest absolute Gasteiger partial charge is 0.408 e. The third kappa shape index (κ3) is 3.97. The highest BCUT2D eigenvalue weighted by atomic mass is 35.5. The van der Waals surface area contributed by atoms with E-state index in [0.717, 1.165) is 31.4 Å². The van der Waals surface area contributed by atoms with Gasteiger partial charge in [-0.3, -0.25) is 14.3 Å². The number of carbonyl (C=O) groups excluding carboxylic acids is 1. The second kappa shape index (κ2) is 7.89. The minimum atomic E-state index is -0.383. The van der Waals surface area contributed by atoms with Crippen LogP contribution < -0.4 is 5.76 Å². The third-order valence-electron chi connectivity index (χ3n) is 5.64. The molecule has 2 unspecified atom stereocenters. The number of hydrogen-bond acceptors (Lipinski definition) is 5. The van der Waals surface area contributed by atoms with Gasteiger partial charge in [0.1, 0.15) is 0 Å². The van der Waals surface area contributed by atoms with Gasteiger partial charge in [-0.15, -0.1) is 0 Å². The zero-order valence-corrected chi connectivity index (χ0v) is 17.0. The summed E-state index contributed by atoms with van der Waals surface area (Å²) < 4.78 is 12.7. The second-order valence-electron chi connectivity index (χ2n) is 7.94. The number of piperidine rings is 1. The molecule has 7 nitrogen and oxygen atoms in total. The minimum Gasteiger partial charge on any atom is -0.408 e. The molecule has 2 atom stereocenters. The molecule has 152 valence electrons. The summed E-state index contributed by atoms with van der Waals surface area (Å²) in [6.45, 7) is 7.37. The van der Waals surface area contributed by atoms with Gasteiger partial charge in [-0.1, -0.05) is 11.6 Å². The number of halogens is 1. The summed E-state index contributed by atoms with van der Waals surface area (Å²) in [7, 11) is 0. The van der Waals surface area contributed by atoms with Crippen LogP contribution in [-0.4, -0.2) is 58.7 Å². The number of carbonyl (C=O) groups is 1. The van der Waals surface area contributed by atoms with Gasteiger partial charge in [-0.25, -0.2) is 4.79 Å². The van der Waals surface area contributed by atoms with Crippen LogP contribution in [0.15, 0.2) is 27.4 Å². The Morgan fingerprint density at radius 1 is 1.18 bits per heavy atom. The Labute approximate surface area is 168 Å². The molecule has 4 rings (SSSR count). The molecule has 28 heavy (non-hydrogen) atoms. The van der Waals surface area contributed by atoms with Crippen molar-refractivity contribution in [3.63, 3.8) is 0 Å². The number of aromatic nitrogens is 1. The normalized spacial score (nSPS) is 24.8. The lowest BCUT2D eigenvalue weighted by atomic mass is 9.95. The van der Waals surface area contributed by atoms with E-state index in [9.17, 15) is 9.59 Å². The first-order chi connectivity index (χ1) is 13.4. The van der Waals surface area contributed by atoms with Crippen molar-refractivity contribution in [3.8, 4) is 0 Å². The summed E-state index contributed by atoms with van der Waals surface area (Å²) in [6, 6.07) is 5.22. The van der Waals surface area contributed by atoms with Gasteiger partial charge in [0, 0.05) is 43.2 Å². The Balaban J connectivity index is 1.38. The van der Waals surface area contributed by atoms with Crippen LogP contribution in [0.2, 0.25) is 5.02 Å². The topological polar surface area (TPSA) is 67.9 Å². The lowest BCUT2D eigenvalue weighted by molar-refractivity contribution is -0.149. The third-order valence-corrected chi connectivity index (χ3v) is 5.87. The maximum absolute atomic E-state index is 12.9. The molecule has 0 N–H and O–H groups in total. The van der Waals surface area contributed by atoms with E-state index in [4.69, 9.17) is 20.8 Å². The zero-order valence-electron chi connectivity index (χ0n) is 16.3. The number of fused-ring (bicyclic) bond motifs is 1. The first-order valence-corrected chi connectivity index (χ1v) is 10.2. The number of morpholine rings is 1. The first kappa shape index (κ1) is 19.5. The van der Waals surface area contributed by atoms with Crippen LogP contribution in [0, 0.1) is 5.92 Å². The number of nitrogens with zero attached hydrogens (tertiary/aromatic N) is 3. The number of oxazole rings is 1. The Morgan fingerprint density at radius 2 is 1.86 bits per heavy atom. The highest BCUT2D eigenvalue weighted by Gasteiger charge is 2.32. The molecule has 0 radical (unpaired) electrons. The average Bonchev–Trinajstić information content (AvgIpc) is 2.95. The van der Waals surface area contributed by atoms with E-state index in [1.165, 1.54) is 0 Å². The molecule has 1 aromatic carbocycles. The van der Waals surface area contributed by atoms with Crippen molar-refractivity contribution in [2.45, 2.75) is 45.6 Å². The van der Waals surface area contributed by atoms with Crippen LogP contribution in [-0.2, 0) is 16.2 Å². The molecule has 1 amide bonds. The molecule has 0 bridgehead atoms. The maximum atomic E-state index is 12.9. The number of likely N-dealkylation sites (tertiary alicyclic amines) is 1. The summed E-state index contributed by atoms with van der Waals surface area (Å²) in [4.78, 5) is 29.3. The first-order valence-electron chi connectivity index (χ1n) is 9.86. The molecule has 2 aromatic rings. The van der Waals surface area contributed by atoms with Gasteiger partial charge in [0.15, 0.2) is 5.58 Å². The largest absolute Gasteiger partial charge is 0.421 e. The summed E-state index contributed by atoms with van der Waals surface area (Å²) in [6.07, 6.45) is 1.77. The van der Waals surface area contributed by atoms with Crippen LogP contribution in [0.4, 0.5) is 0 Å². The molecule has 3 heterocycles. The molecular formula is C20H26ClN3O4. The van der Waals surface area contributed by atoms with Crippen molar-refractivity contribution < 1.29 is 13.9 Å². The zero-order chi connectivity index (χ0) is 19.8. The van der Waals surface area contributed by atoms with Gasteiger partial charge in [-0.2, -0.15) is 0 Å². The summed E-state index contributed by atoms with van der Waals surface area (Å²) in [5.74, 6) is -0.0978. The van der Waals surface area contributed by atoms with Gasteiger partial charge < -0.3 is 14.1 Å². The fourth-order valence-corrected chi connectivity index (χ4v) is 4.47. The Bertz CT molecular complexity index is 906. The molecule has 1 aromatic heterocycles. The molecule has 0 spiro atoms. The van der Waals surface area contributed by atoms with E-state index in [0.29, 0.717) is 30.4 Å². The quantitative estimate of drug-likeness (QED) is 0.782. The van der Waals surface area contributed by atoms with Crippen molar-refractivity contribution >= 4 is 28.6 Å². The SMILES string of the molecule is CC1CN(C(=O)C2CCN(Cn3c(=O)oc4cc(Cl)ccc43)CC2)CC(C)O1. The van der Waals surface area contributed by atoms with E-state index in [-0.39, 0.29) is 29.8 Å². The summed E-state index contributed by atoms with van der Waals surface area (Å²) in [5, 5.41) is 0.541. The number of amides is 1. The molecule has 2 aliphatic heterocycles. The highest BCUT2D eigenvalue weighted by Crippen LogP contribution is 2.24. The number of rotatable bonds is 3. The minimum absolute atomic E-state index is 0.0466. The standard InChI is InChI=1S/C20H26ClN3O4/c1-13-10-23(11-14(2)27-13)19(25)15-5-7-22(8-6-15)12-24-17-4-3-16(21)9-18(17)28-20(24)26/h3-4,9,13-15H,5-8,10-12H2,1-2H3. The van der Waals surface area contributed by atoms with Crippen LogP contribution in [0.5, 0.6) is 0 Å². The lowest BCUT2D eigenvalue weighted by Crippen LogP contribution is -2.51. The number of hydrogen-bond donors (Lipinski definition) is 0. The summed E-state index contributed by atoms with van der Waals surface area (Å²) in [5.41, 5.74) is 1.24. The van der Waals surface area contributed by atoms with Crippen LogP contribution in [0.1, 0.15) is 26.7 Å². The van der Waals surface area contributed by atoms with Gasteiger partial charge >= 0.3 is 5.76 Å². The molecular weight excluding hydrogens is 382 g/mol. The van der Waals surface area contributed by atoms with Crippen LogP contribution >= 0.6 is 11.6 Å². The second-order valence-corrected chi connectivity index (χ2v) is 8.38. The van der Waals surface area contributed by atoms with Crippen molar-refractivity contribution in [3.05, 3.63) is 33.8 Å². The predicted octanol–water partition coefficient (Wildman–Crippen LogP) is 2.55. The summed E-state index contributed by atoms with van der Waals surface area (Å²) >= 11 is 5.97. The number of benzene rings is 1. The van der Waals surface area contributed by atoms with Crippen LogP contribution in [0.3, 0.4) is 0 Å². The lowest BCUT2D eigenvalue weighted by Gasteiger charge is -2.39. The predicted molar refractivity (Wildman–Crippen MR) is 106 cm³/mol. The molecule has 0 saturated carbocycles. The van der Waals surface area contributed by atoms with Gasteiger partial charge in [0.05, 0.1) is 24.4 Å². The van der Waals surface area contributed by atoms with Gasteiger partial charge in [0.25, 0.3) is 0 Å².